The first kappa shape index (κ1) is 22.8. The zero-order chi connectivity index (χ0) is 23.1. The molecule has 4 heteroatoms. The number of esters is 1. The third-order valence-corrected chi connectivity index (χ3v) is 6.58. The van der Waals surface area contributed by atoms with Crippen LogP contribution < -0.4 is 4.74 Å². The molecule has 0 aliphatic rings. The fraction of sp³-hybridized carbons (Fsp3) is 0.179. The number of aryl methyl sites for hydroxylation is 2. The maximum Gasteiger partial charge on any atom is 0.346 e. The molecule has 0 spiro atoms. The first-order chi connectivity index (χ1) is 15.3. The van der Waals surface area contributed by atoms with Crippen LogP contribution in [0.2, 0.25) is 0 Å². The van der Waals surface area contributed by atoms with E-state index in [1.807, 2.05) is 68.4 Å². The fourth-order valence-electron chi connectivity index (χ4n) is 3.13. The smallest absolute Gasteiger partial charge is 0.346 e. The average molecular weight is 440 g/mol. The second-order valence-electron chi connectivity index (χ2n) is 7.28. The molecule has 3 nitrogen and oxygen atoms in total. The van der Waals surface area contributed by atoms with Crippen molar-refractivity contribution >= 4 is 16.4 Å². The van der Waals surface area contributed by atoms with Gasteiger partial charge in [0.15, 0.2) is 11.5 Å². The summed E-state index contributed by atoms with van der Waals surface area (Å²) in [6, 6.07) is 17.4. The molecule has 2 unspecified atom stereocenters. The number of hydrogen-bond donors (Lipinski definition) is 0. The van der Waals surface area contributed by atoms with E-state index in [2.05, 4.69) is 29.1 Å². The van der Waals surface area contributed by atoms with Crippen molar-refractivity contribution in [3.8, 4) is 47.2 Å². The molecule has 0 aliphatic carbocycles. The summed E-state index contributed by atoms with van der Waals surface area (Å²) in [7, 11) is -0.243. The molecule has 0 saturated carbocycles. The molecule has 2 aromatic carbocycles. The quantitative estimate of drug-likeness (QED) is 0.304. The van der Waals surface area contributed by atoms with Gasteiger partial charge < -0.3 is 9.47 Å². The van der Waals surface area contributed by atoms with Crippen molar-refractivity contribution in [2.75, 3.05) is 6.61 Å². The molecule has 2 atom stereocenters. The Balaban J connectivity index is 1.70. The lowest BCUT2D eigenvalue weighted by Gasteiger charge is -2.18. The molecule has 0 bridgehead atoms. The Morgan fingerprint density at radius 1 is 1.06 bits per heavy atom. The first-order valence-electron chi connectivity index (χ1n) is 9.95. The number of carbonyl (C=O) groups excluding carboxylic acids is 1. The summed E-state index contributed by atoms with van der Waals surface area (Å²) in [5.41, 5.74) is 1.27. The molecule has 0 N–H and O–H groups in total. The van der Waals surface area contributed by atoms with Gasteiger partial charge in [-0.05, 0) is 67.9 Å². The average Bonchev–Trinajstić information content (AvgIpc) is 3.27. The summed E-state index contributed by atoms with van der Waals surface area (Å²) in [5, 5.41) is 2.10. The van der Waals surface area contributed by atoms with E-state index in [0.29, 0.717) is 5.75 Å². The van der Waals surface area contributed by atoms with Crippen LogP contribution in [-0.2, 0) is 9.53 Å². The first-order valence-corrected chi connectivity index (χ1v) is 11.2. The molecule has 0 aliphatic heterocycles. The Bertz CT molecular complexity index is 1250. The standard InChI is InChI=1S/C28H23O3S/c1-6-24-14-11-17-32(24)25-18-21(3)27(22(4)19-25)30-20-26(29)31-28(5,7-2)16-15-23-12-9-8-10-13-23/h1-2,8-14,17-19H,20H2,3-5H3/q+1. The van der Waals surface area contributed by atoms with Crippen LogP contribution in [0.3, 0.4) is 0 Å². The summed E-state index contributed by atoms with van der Waals surface area (Å²) in [6.45, 7) is 5.19. The summed E-state index contributed by atoms with van der Waals surface area (Å²) in [5.74, 6) is 11.0. The minimum atomic E-state index is -1.35. The predicted molar refractivity (Wildman–Crippen MR) is 130 cm³/mol. The highest BCUT2D eigenvalue weighted by Gasteiger charge is 2.25. The summed E-state index contributed by atoms with van der Waals surface area (Å²) < 4.78 is 11.2. The van der Waals surface area contributed by atoms with Crippen molar-refractivity contribution in [3.05, 3.63) is 81.5 Å². The van der Waals surface area contributed by atoms with Gasteiger partial charge >= 0.3 is 5.97 Å². The zero-order valence-electron chi connectivity index (χ0n) is 18.3. The molecule has 3 rings (SSSR count). The van der Waals surface area contributed by atoms with Crippen LogP contribution in [0.25, 0.3) is 4.90 Å². The Morgan fingerprint density at radius 3 is 2.38 bits per heavy atom. The number of terminal acetylenes is 2. The monoisotopic (exact) mass is 439 g/mol. The molecular formula is C28H23O3S+. The van der Waals surface area contributed by atoms with Crippen molar-refractivity contribution < 1.29 is 14.3 Å². The van der Waals surface area contributed by atoms with Gasteiger partial charge in [0.1, 0.15) is 11.1 Å². The van der Waals surface area contributed by atoms with Crippen molar-refractivity contribution in [2.24, 2.45) is 0 Å². The molecular weight excluding hydrogens is 416 g/mol. The molecule has 0 saturated heterocycles. The molecule has 0 amide bonds. The Kier molecular flexibility index (Phi) is 7.07. The highest BCUT2D eigenvalue weighted by atomic mass is 32.2. The van der Waals surface area contributed by atoms with E-state index in [1.54, 1.807) is 6.92 Å². The van der Waals surface area contributed by atoms with Crippen molar-refractivity contribution in [1.29, 1.82) is 0 Å². The van der Waals surface area contributed by atoms with Crippen molar-refractivity contribution in [1.82, 2.24) is 0 Å². The molecule has 158 valence electrons. The van der Waals surface area contributed by atoms with Crippen LogP contribution in [-0.4, -0.2) is 18.2 Å². The van der Waals surface area contributed by atoms with Gasteiger partial charge in [-0.2, -0.15) is 0 Å². The van der Waals surface area contributed by atoms with Gasteiger partial charge in [0.25, 0.3) is 0 Å². The predicted octanol–water partition coefficient (Wildman–Crippen LogP) is 5.39. The Hall–Kier alpha value is -3.91. The molecule has 1 aromatic heterocycles. The Morgan fingerprint density at radius 2 is 1.75 bits per heavy atom. The van der Waals surface area contributed by atoms with Crippen LogP contribution >= 0.6 is 10.5 Å². The van der Waals surface area contributed by atoms with Gasteiger partial charge in [0.05, 0.1) is 0 Å². The highest BCUT2D eigenvalue weighted by molar-refractivity contribution is 7.38. The highest BCUT2D eigenvalue weighted by Crippen LogP contribution is 2.38. The molecule has 0 radical (unpaired) electrons. The number of benzene rings is 2. The van der Waals surface area contributed by atoms with Crippen molar-refractivity contribution in [3.63, 3.8) is 0 Å². The third kappa shape index (κ3) is 5.41. The van der Waals surface area contributed by atoms with Gasteiger partial charge in [-0.3, -0.25) is 0 Å². The van der Waals surface area contributed by atoms with Crippen LogP contribution in [0.4, 0.5) is 0 Å². The van der Waals surface area contributed by atoms with Gasteiger partial charge in [-0.15, -0.1) is 12.8 Å². The second-order valence-corrected chi connectivity index (χ2v) is 9.14. The van der Waals surface area contributed by atoms with E-state index in [-0.39, 0.29) is 17.1 Å². The minimum absolute atomic E-state index is 0.243. The maximum atomic E-state index is 12.4. The maximum absolute atomic E-state index is 12.4. The lowest BCUT2D eigenvalue weighted by Crippen LogP contribution is -2.31. The van der Waals surface area contributed by atoms with Gasteiger partial charge in [-0.1, -0.05) is 24.1 Å². The largest absolute Gasteiger partial charge is 0.481 e. The molecule has 0 fully saturated rings. The zero-order valence-corrected chi connectivity index (χ0v) is 19.1. The molecule has 3 aromatic rings. The topological polar surface area (TPSA) is 35.5 Å². The number of rotatable bonds is 5. The van der Waals surface area contributed by atoms with Gasteiger partial charge in [-0.25, -0.2) is 4.79 Å². The third-order valence-electron chi connectivity index (χ3n) is 4.68. The van der Waals surface area contributed by atoms with Crippen molar-refractivity contribution in [2.45, 2.75) is 26.4 Å². The van der Waals surface area contributed by atoms with Crippen LogP contribution in [0.1, 0.15) is 28.5 Å². The lowest BCUT2D eigenvalue weighted by atomic mass is 10.1. The van der Waals surface area contributed by atoms with E-state index < -0.39 is 11.6 Å². The number of carbonyl (C=O) groups is 1. The Labute approximate surface area is 192 Å². The number of thiophene rings is 1. The molecule has 1 heterocycles. The molecule has 32 heavy (non-hydrogen) atoms. The van der Waals surface area contributed by atoms with E-state index >= 15 is 0 Å². The summed E-state index contributed by atoms with van der Waals surface area (Å²) >= 11 is 0. The van der Waals surface area contributed by atoms with Crippen LogP contribution in [0.5, 0.6) is 5.75 Å². The van der Waals surface area contributed by atoms with E-state index in [1.165, 1.54) is 0 Å². The normalized spacial score (nSPS) is 12.3. The van der Waals surface area contributed by atoms with Gasteiger partial charge in [0, 0.05) is 34.2 Å². The van der Waals surface area contributed by atoms with Gasteiger partial charge in [0.2, 0.25) is 10.5 Å². The lowest BCUT2D eigenvalue weighted by molar-refractivity contribution is -0.151. The van der Waals surface area contributed by atoms with Crippen LogP contribution in [0, 0.1) is 50.4 Å². The number of hydrogen-bond acceptors (Lipinski definition) is 3. The van der Waals surface area contributed by atoms with Crippen LogP contribution in [0.15, 0.2) is 60.0 Å². The van der Waals surface area contributed by atoms with E-state index in [4.69, 9.17) is 22.3 Å². The van der Waals surface area contributed by atoms with E-state index in [0.717, 1.165) is 26.5 Å². The summed E-state index contributed by atoms with van der Waals surface area (Å²) in [6.07, 6.45) is 11.2. The second kappa shape index (κ2) is 9.93. The fourth-order valence-corrected chi connectivity index (χ4v) is 4.88. The number of ether oxygens (including phenoxy) is 2. The van der Waals surface area contributed by atoms with E-state index in [9.17, 15) is 4.79 Å². The summed E-state index contributed by atoms with van der Waals surface area (Å²) in [4.78, 5) is 14.5. The SMILES string of the molecule is C#Cc1ccc[s+]1-c1cc(C)c(OCC(=O)OC(C)(C#C)C#Cc2ccccc2)c(C)c1. The minimum Gasteiger partial charge on any atom is -0.481 e.